The van der Waals surface area contributed by atoms with Gasteiger partial charge in [-0.15, -0.1) is 0 Å². The molecule has 2 aliphatic heterocycles. The number of imidazole rings is 1. The fourth-order valence-electron chi connectivity index (χ4n) is 3.99. The molecule has 7 nitrogen and oxygen atoms in total. The summed E-state index contributed by atoms with van der Waals surface area (Å²) in [7, 11) is 0. The van der Waals surface area contributed by atoms with Gasteiger partial charge in [0.1, 0.15) is 11.9 Å². The lowest BCUT2D eigenvalue weighted by Gasteiger charge is -2.35. The van der Waals surface area contributed by atoms with Gasteiger partial charge >= 0.3 is 6.09 Å². The number of piperidine rings is 1. The van der Waals surface area contributed by atoms with Gasteiger partial charge in [0.25, 0.3) is 0 Å². The highest BCUT2D eigenvalue weighted by atomic mass is 16.6. The maximum Gasteiger partial charge on any atom is 0.410 e. The molecule has 0 spiro atoms. The first-order chi connectivity index (χ1) is 13.1. The monoisotopic (exact) mass is 370 g/mol. The number of H-pyrrole nitrogens is 1. The number of fused-ring (bicyclic) bond motifs is 1. The molecule has 4 rings (SSSR count). The molecule has 0 bridgehead atoms. The maximum atomic E-state index is 12.6. The number of para-hydroxylation sites is 2. The van der Waals surface area contributed by atoms with E-state index >= 15 is 0 Å². The van der Waals surface area contributed by atoms with Gasteiger partial charge in [-0.25, -0.2) is 9.78 Å². The summed E-state index contributed by atoms with van der Waals surface area (Å²) in [6.45, 7) is 4.11. The van der Waals surface area contributed by atoms with Crippen LogP contribution in [0.15, 0.2) is 24.3 Å². The second kappa shape index (κ2) is 7.58. The standard InChI is InChI=1S/C20H26N4O3/c1-2-15-13-24(20(26)27-15)14-9-11-23(12-10-14)19(25)8-7-18-21-16-5-3-4-6-17(16)22-18/h3-6,14-15H,2,7-13H2,1H3,(H,21,22). The molecule has 2 saturated heterocycles. The van der Waals surface area contributed by atoms with Gasteiger partial charge < -0.3 is 19.5 Å². The molecule has 27 heavy (non-hydrogen) atoms. The lowest BCUT2D eigenvalue weighted by Crippen LogP contribution is -2.47. The molecule has 1 N–H and O–H groups in total. The Morgan fingerprint density at radius 2 is 2.07 bits per heavy atom. The van der Waals surface area contributed by atoms with E-state index in [1.165, 1.54) is 0 Å². The third kappa shape index (κ3) is 3.77. The highest BCUT2D eigenvalue weighted by Gasteiger charge is 2.37. The van der Waals surface area contributed by atoms with Crippen LogP contribution in [0.5, 0.6) is 0 Å². The van der Waals surface area contributed by atoms with Gasteiger partial charge in [-0.05, 0) is 31.4 Å². The van der Waals surface area contributed by atoms with Crippen molar-refractivity contribution in [3.05, 3.63) is 30.1 Å². The average molecular weight is 370 g/mol. The number of benzene rings is 1. The third-order valence-electron chi connectivity index (χ3n) is 5.63. The zero-order chi connectivity index (χ0) is 18.8. The number of likely N-dealkylation sites (tertiary alicyclic amines) is 1. The molecule has 1 unspecified atom stereocenters. The second-order valence-corrected chi connectivity index (χ2v) is 7.38. The summed E-state index contributed by atoms with van der Waals surface area (Å²) in [5, 5.41) is 0. The first-order valence-corrected chi connectivity index (χ1v) is 9.82. The number of aryl methyl sites for hydroxylation is 1. The normalized spacial score (nSPS) is 21.1. The quantitative estimate of drug-likeness (QED) is 0.878. The fraction of sp³-hybridized carbons (Fsp3) is 0.550. The number of nitrogens with one attached hydrogen (secondary N) is 1. The first-order valence-electron chi connectivity index (χ1n) is 9.82. The molecule has 3 heterocycles. The van der Waals surface area contributed by atoms with Crippen LogP contribution in [0.2, 0.25) is 0 Å². The van der Waals surface area contributed by atoms with Crippen LogP contribution in [0.1, 0.15) is 38.4 Å². The predicted molar refractivity (Wildman–Crippen MR) is 101 cm³/mol. The Hall–Kier alpha value is -2.57. The number of nitrogens with zero attached hydrogens (tertiary/aromatic N) is 3. The van der Waals surface area contributed by atoms with Gasteiger partial charge in [-0.3, -0.25) is 4.79 Å². The maximum absolute atomic E-state index is 12.6. The van der Waals surface area contributed by atoms with Crippen LogP contribution in [-0.2, 0) is 16.0 Å². The topological polar surface area (TPSA) is 78.5 Å². The van der Waals surface area contributed by atoms with Crippen LogP contribution in [-0.4, -0.2) is 63.5 Å². The minimum Gasteiger partial charge on any atom is -0.444 e. The summed E-state index contributed by atoms with van der Waals surface area (Å²) in [5.74, 6) is 1.01. The number of ether oxygens (including phenoxy) is 1. The van der Waals surface area contributed by atoms with Gasteiger partial charge in [-0.1, -0.05) is 19.1 Å². The van der Waals surface area contributed by atoms with Crippen LogP contribution >= 0.6 is 0 Å². The summed E-state index contributed by atoms with van der Waals surface area (Å²) >= 11 is 0. The highest BCUT2D eigenvalue weighted by Crippen LogP contribution is 2.24. The molecule has 144 valence electrons. The van der Waals surface area contributed by atoms with Crippen molar-refractivity contribution in [1.82, 2.24) is 19.8 Å². The molecular formula is C20H26N4O3. The second-order valence-electron chi connectivity index (χ2n) is 7.38. The van der Waals surface area contributed by atoms with E-state index in [2.05, 4.69) is 9.97 Å². The Labute approximate surface area is 158 Å². The molecule has 0 radical (unpaired) electrons. The number of rotatable bonds is 5. The van der Waals surface area contributed by atoms with E-state index < -0.39 is 0 Å². The van der Waals surface area contributed by atoms with Crippen LogP contribution in [0.25, 0.3) is 11.0 Å². The van der Waals surface area contributed by atoms with Crippen molar-refractivity contribution in [2.75, 3.05) is 19.6 Å². The summed E-state index contributed by atoms with van der Waals surface area (Å²) < 4.78 is 5.36. The van der Waals surface area contributed by atoms with Crippen molar-refractivity contribution in [3.8, 4) is 0 Å². The zero-order valence-electron chi connectivity index (χ0n) is 15.7. The first kappa shape index (κ1) is 17.8. The van der Waals surface area contributed by atoms with Crippen molar-refractivity contribution >= 4 is 23.0 Å². The Bertz CT molecular complexity index is 792. The number of aromatic nitrogens is 2. The molecule has 1 aromatic heterocycles. The van der Waals surface area contributed by atoms with Crippen molar-refractivity contribution in [1.29, 1.82) is 0 Å². The number of hydrogen-bond acceptors (Lipinski definition) is 4. The Balaban J connectivity index is 1.26. The van der Waals surface area contributed by atoms with E-state index in [9.17, 15) is 9.59 Å². The van der Waals surface area contributed by atoms with Crippen LogP contribution < -0.4 is 0 Å². The predicted octanol–water partition coefficient (Wildman–Crippen LogP) is 2.72. The van der Waals surface area contributed by atoms with E-state index in [0.717, 1.165) is 36.1 Å². The van der Waals surface area contributed by atoms with Crippen molar-refractivity contribution in [2.24, 2.45) is 0 Å². The summed E-state index contributed by atoms with van der Waals surface area (Å²) in [6, 6.07) is 8.08. The van der Waals surface area contributed by atoms with Crippen LogP contribution in [0.4, 0.5) is 4.79 Å². The SMILES string of the molecule is CCC1CN(C2CCN(C(=O)CCc3nc4ccccc4[nH]3)CC2)C(=O)O1. The number of aromatic amines is 1. The van der Waals surface area contributed by atoms with Crippen LogP contribution in [0.3, 0.4) is 0 Å². The van der Waals surface area contributed by atoms with Crippen molar-refractivity contribution < 1.29 is 14.3 Å². The molecule has 2 amide bonds. The van der Waals surface area contributed by atoms with Gasteiger partial charge in [-0.2, -0.15) is 0 Å². The third-order valence-corrected chi connectivity index (χ3v) is 5.63. The van der Waals surface area contributed by atoms with Gasteiger partial charge in [0.05, 0.1) is 17.6 Å². The highest BCUT2D eigenvalue weighted by molar-refractivity contribution is 5.77. The molecule has 1 aromatic carbocycles. The van der Waals surface area contributed by atoms with Crippen LogP contribution in [0, 0.1) is 0 Å². The zero-order valence-corrected chi connectivity index (χ0v) is 15.7. The molecule has 7 heteroatoms. The van der Waals surface area contributed by atoms with E-state index in [0.29, 0.717) is 32.5 Å². The molecule has 2 aliphatic rings. The number of carbonyl (C=O) groups excluding carboxylic acids is 2. The molecular weight excluding hydrogens is 344 g/mol. The lowest BCUT2D eigenvalue weighted by atomic mass is 10.0. The fourth-order valence-corrected chi connectivity index (χ4v) is 3.99. The van der Waals surface area contributed by atoms with E-state index in [1.54, 1.807) is 0 Å². The number of hydrogen-bond donors (Lipinski definition) is 1. The minimum absolute atomic E-state index is 0.0148. The largest absolute Gasteiger partial charge is 0.444 e. The number of amides is 2. The lowest BCUT2D eigenvalue weighted by molar-refractivity contribution is -0.132. The van der Waals surface area contributed by atoms with Crippen molar-refractivity contribution in [3.63, 3.8) is 0 Å². The molecule has 1 atom stereocenters. The number of carbonyl (C=O) groups is 2. The summed E-state index contributed by atoms with van der Waals surface area (Å²) in [5.41, 5.74) is 1.94. The van der Waals surface area contributed by atoms with E-state index in [1.807, 2.05) is 41.0 Å². The smallest absolute Gasteiger partial charge is 0.410 e. The average Bonchev–Trinajstić information content (AvgIpc) is 3.29. The molecule has 0 saturated carbocycles. The van der Waals surface area contributed by atoms with Gasteiger partial charge in [0, 0.05) is 32.0 Å². The summed E-state index contributed by atoms with van der Waals surface area (Å²) in [6.07, 6.45) is 3.38. The molecule has 2 aromatic rings. The molecule has 2 fully saturated rings. The van der Waals surface area contributed by atoms with E-state index in [4.69, 9.17) is 4.74 Å². The summed E-state index contributed by atoms with van der Waals surface area (Å²) in [4.78, 5) is 36.1. The molecule has 0 aliphatic carbocycles. The number of cyclic esters (lactones) is 1. The Morgan fingerprint density at radius 1 is 1.30 bits per heavy atom. The van der Waals surface area contributed by atoms with Gasteiger partial charge in [0.2, 0.25) is 5.91 Å². The minimum atomic E-state index is -0.198. The van der Waals surface area contributed by atoms with Crippen molar-refractivity contribution in [2.45, 2.75) is 51.2 Å². The van der Waals surface area contributed by atoms with Gasteiger partial charge in [0.15, 0.2) is 0 Å². The van der Waals surface area contributed by atoms with E-state index in [-0.39, 0.29) is 24.1 Å². The Kier molecular flexibility index (Phi) is 5.01. The Morgan fingerprint density at radius 3 is 2.78 bits per heavy atom.